The number of nitroso groups, excluding NO2 is 2. The van der Waals surface area contributed by atoms with Gasteiger partial charge in [0.2, 0.25) is 0 Å². The topological polar surface area (TPSA) is 65.3 Å². The highest BCUT2D eigenvalue weighted by molar-refractivity contribution is 5.56. The van der Waals surface area contributed by atoms with Crippen molar-refractivity contribution in [3.8, 4) is 0 Å². The largest absolute Gasteiger partial charge is 0.227 e. The van der Waals surface area contributed by atoms with Crippen LogP contribution in [0.25, 0.3) is 0 Å². The molecule has 0 fully saturated rings. The summed E-state index contributed by atoms with van der Waals surface area (Å²) in [5, 5.41) is 8.84. The van der Waals surface area contributed by atoms with Crippen molar-refractivity contribution in [1.29, 1.82) is 0 Å². The Bertz CT molecular complexity index is 419. The van der Waals surface area contributed by atoms with Crippen molar-refractivity contribution in [3.05, 3.63) is 34.1 Å². The van der Waals surface area contributed by atoms with Gasteiger partial charge in [0.1, 0.15) is 0 Å². The summed E-state index contributed by atoms with van der Waals surface area (Å²) in [6.45, 7) is 7.69. The van der Waals surface area contributed by atoms with Crippen LogP contribution in [-0.4, -0.2) is 12.1 Å². The maximum Gasteiger partial charge on any atom is 0.0630 e. The number of anilines is 2. The molecular formula is C13H20N4O2. The highest BCUT2D eigenvalue weighted by Gasteiger charge is 2.15. The first-order valence-electron chi connectivity index (χ1n) is 6.40. The predicted molar refractivity (Wildman–Crippen MR) is 77.9 cm³/mol. The summed E-state index contributed by atoms with van der Waals surface area (Å²) < 4.78 is 0. The fourth-order valence-electron chi connectivity index (χ4n) is 1.75. The second-order valence-corrected chi connectivity index (χ2v) is 4.72. The normalized spacial score (nSPS) is 12.1. The van der Waals surface area contributed by atoms with Crippen LogP contribution in [-0.2, 0) is 0 Å². The summed E-state index contributed by atoms with van der Waals surface area (Å²) in [6, 6.07) is 7.08. The van der Waals surface area contributed by atoms with Crippen LogP contribution in [0, 0.1) is 9.81 Å². The number of hydrogen-bond acceptors (Lipinski definition) is 4. The van der Waals surface area contributed by atoms with Crippen molar-refractivity contribution in [3.63, 3.8) is 0 Å². The Morgan fingerprint density at radius 1 is 0.947 bits per heavy atom. The zero-order valence-electron chi connectivity index (χ0n) is 11.8. The van der Waals surface area contributed by atoms with Crippen molar-refractivity contribution < 1.29 is 0 Å². The van der Waals surface area contributed by atoms with E-state index in [1.165, 1.54) is 10.0 Å². The Balaban J connectivity index is 2.97. The van der Waals surface area contributed by atoms with Gasteiger partial charge < -0.3 is 0 Å². The van der Waals surface area contributed by atoms with Crippen LogP contribution in [0.2, 0.25) is 0 Å². The molecule has 0 radical (unpaired) electrons. The molecular weight excluding hydrogens is 244 g/mol. The molecule has 19 heavy (non-hydrogen) atoms. The SMILES string of the molecule is CCC(C)N(N=O)c1ccc(N(N=O)C(C)C)cc1. The van der Waals surface area contributed by atoms with Gasteiger partial charge in [0.15, 0.2) is 0 Å². The van der Waals surface area contributed by atoms with E-state index < -0.39 is 0 Å². The third kappa shape index (κ3) is 3.49. The lowest BCUT2D eigenvalue weighted by Crippen LogP contribution is -2.27. The van der Waals surface area contributed by atoms with Gasteiger partial charge >= 0.3 is 0 Å². The molecule has 104 valence electrons. The molecule has 1 aromatic rings. The minimum atomic E-state index is -0.0155. The molecule has 6 nitrogen and oxygen atoms in total. The summed E-state index contributed by atoms with van der Waals surface area (Å²) in [5.41, 5.74) is 1.41. The van der Waals surface area contributed by atoms with Gasteiger partial charge in [0.25, 0.3) is 0 Å². The van der Waals surface area contributed by atoms with Gasteiger partial charge in [0.05, 0.1) is 34.0 Å². The van der Waals surface area contributed by atoms with Gasteiger partial charge in [-0.3, -0.25) is 0 Å². The van der Waals surface area contributed by atoms with E-state index >= 15 is 0 Å². The summed E-state index contributed by atoms with van der Waals surface area (Å²) in [7, 11) is 0. The molecule has 0 spiro atoms. The summed E-state index contributed by atoms with van der Waals surface area (Å²) in [6.07, 6.45) is 0.821. The molecule has 0 amide bonds. The van der Waals surface area contributed by atoms with E-state index in [-0.39, 0.29) is 12.1 Å². The van der Waals surface area contributed by atoms with Crippen LogP contribution in [0.4, 0.5) is 11.4 Å². The van der Waals surface area contributed by atoms with E-state index in [0.29, 0.717) is 11.4 Å². The smallest absolute Gasteiger partial charge is 0.0630 e. The molecule has 0 aromatic heterocycles. The first-order valence-corrected chi connectivity index (χ1v) is 6.40. The van der Waals surface area contributed by atoms with E-state index in [9.17, 15) is 9.81 Å². The second-order valence-electron chi connectivity index (χ2n) is 4.72. The molecule has 0 aliphatic carbocycles. The van der Waals surface area contributed by atoms with E-state index in [1.807, 2.05) is 27.7 Å². The van der Waals surface area contributed by atoms with Crippen LogP contribution in [0.15, 0.2) is 34.8 Å². The highest BCUT2D eigenvalue weighted by Crippen LogP contribution is 2.24. The standard InChI is InChI=1S/C13H20N4O2/c1-5-11(4)17(15-19)13-8-6-12(7-9-13)16(14-18)10(2)3/h6-11H,5H2,1-4H3. The van der Waals surface area contributed by atoms with Gasteiger partial charge in [-0.15, -0.1) is 9.81 Å². The zero-order valence-corrected chi connectivity index (χ0v) is 11.8. The van der Waals surface area contributed by atoms with Gasteiger partial charge in [-0.25, -0.2) is 10.0 Å². The number of nitrogens with zero attached hydrogens (tertiary/aromatic N) is 4. The van der Waals surface area contributed by atoms with Crippen molar-refractivity contribution in [1.82, 2.24) is 0 Å². The van der Waals surface area contributed by atoms with Crippen molar-refractivity contribution in [2.75, 3.05) is 10.0 Å². The second kappa shape index (κ2) is 6.82. The minimum absolute atomic E-state index is 0.0155. The molecule has 6 heteroatoms. The lowest BCUT2D eigenvalue weighted by molar-refractivity contribution is 0.632. The van der Waals surface area contributed by atoms with E-state index in [2.05, 4.69) is 10.6 Å². The van der Waals surface area contributed by atoms with Gasteiger partial charge in [-0.05, 0) is 51.5 Å². The van der Waals surface area contributed by atoms with E-state index in [4.69, 9.17) is 0 Å². The third-order valence-electron chi connectivity index (χ3n) is 3.05. The molecule has 0 aliphatic heterocycles. The van der Waals surface area contributed by atoms with Crippen molar-refractivity contribution in [2.45, 2.75) is 46.2 Å². The Morgan fingerprint density at radius 3 is 1.68 bits per heavy atom. The molecule has 1 rings (SSSR count). The van der Waals surface area contributed by atoms with Crippen molar-refractivity contribution in [2.24, 2.45) is 10.6 Å². The third-order valence-corrected chi connectivity index (χ3v) is 3.05. The first kappa shape index (κ1) is 15.1. The van der Waals surface area contributed by atoms with E-state index in [0.717, 1.165) is 6.42 Å². The maximum absolute atomic E-state index is 10.9. The number of rotatable bonds is 7. The van der Waals surface area contributed by atoms with Crippen LogP contribution in [0.3, 0.4) is 0 Å². The molecule has 0 saturated heterocycles. The van der Waals surface area contributed by atoms with Crippen LogP contribution >= 0.6 is 0 Å². The maximum atomic E-state index is 10.9. The Labute approximate surface area is 113 Å². The summed E-state index contributed by atoms with van der Waals surface area (Å²) in [4.78, 5) is 21.7. The van der Waals surface area contributed by atoms with Gasteiger partial charge in [-0.2, -0.15) is 0 Å². The van der Waals surface area contributed by atoms with Gasteiger partial charge in [0, 0.05) is 0 Å². The lowest BCUT2D eigenvalue weighted by atomic mass is 10.2. The summed E-state index contributed by atoms with van der Waals surface area (Å²) in [5.74, 6) is 0. The predicted octanol–water partition coefficient (Wildman–Crippen LogP) is 3.87. The fraction of sp³-hybridized carbons (Fsp3) is 0.538. The quantitative estimate of drug-likeness (QED) is 0.554. The summed E-state index contributed by atoms with van der Waals surface area (Å²) >= 11 is 0. The molecule has 0 saturated carbocycles. The molecule has 0 aliphatic rings. The number of hydrogen-bond donors (Lipinski definition) is 0. The molecule has 0 bridgehead atoms. The van der Waals surface area contributed by atoms with Gasteiger partial charge in [-0.1, -0.05) is 6.92 Å². The average Bonchev–Trinajstić information content (AvgIpc) is 2.41. The Hall–Kier alpha value is -1.98. The lowest BCUT2D eigenvalue weighted by Gasteiger charge is -2.23. The fourth-order valence-corrected chi connectivity index (χ4v) is 1.75. The first-order chi connectivity index (χ1) is 9.04. The Morgan fingerprint density at radius 2 is 1.37 bits per heavy atom. The zero-order chi connectivity index (χ0) is 14.4. The molecule has 1 atom stereocenters. The molecule has 1 aromatic carbocycles. The number of benzene rings is 1. The van der Waals surface area contributed by atoms with Crippen molar-refractivity contribution >= 4 is 11.4 Å². The molecule has 0 heterocycles. The minimum Gasteiger partial charge on any atom is -0.227 e. The van der Waals surface area contributed by atoms with Crippen LogP contribution in [0.5, 0.6) is 0 Å². The van der Waals surface area contributed by atoms with E-state index in [1.54, 1.807) is 24.3 Å². The Kier molecular flexibility index (Phi) is 5.41. The highest BCUT2D eigenvalue weighted by atomic mass is 16.3. The molecule has 1 unspecified atom stereocenters. The van der Waals surface area contributed by atoms with Crippen LogP contribution in [0.1, 0.15) is 34.1 Å². The van der Waals surface area contributed by atoms with Crippen LogP contribution < -0.4 is 10.0 Å². The monoisotopic (exact) mass is 264 g/mol. The molecule has 0 N–H and O–H groups in total. The average molecular weight is 264 g/mol.